The molecule has 0 bridgehead atoms. The van der Waals surface area contributed by atoms with Gasteiger partial charge in [0.05, 0.1) is 18.1 Å². The third kappa shape index (κ3) is 3.09. The molecule has 1 aliphatic carbocycles. The maximum atomic E-state index is 11.7. The van der Waals surface area contributed by atoms with Gasteiger partial charge in [-0.05, 0) is 12.8 Å². The van der Waals surface area contributed by atoms with E-state index in [0.29, 0.717) is 0 Å². The van der Waals surface area contributed by atoms with Crippen LogP contribution in [0.5, 0.6) is 0 Å². The number of methoxy groups -OCH3 is 1. The maximum Gasteiger partial charge on any atom is 0.225 e. The third-order valence-electron chi connectivity index (χ3n) is 3.49. The van der Waals surface area contributed by atoms with Gasteiger partial charge in [0.2, 0.25) is 5.91 Å². The van der Waals surface area contributed by atoms with Gasteiger partial charge in [-0.2, -0.15) is 0 Å². The second-order valence-electron chi connectivity index (χ2n) is 4.53. The van der Waals surface area contributed by atoms with Crippen LogP contribution in [0.3, 0.4) is 0 Å². The lowest BCUT2D eigenvalue weighted by Crippen LogP contribution is -2.55. The molecule has 16 heavy (non-hydrogen) atoms. The number of ether oxygens (including phenoxy) is 1. The Hall–Kier alpha value is -0.320. The minimum absolute atomic E-state index is 0. The molecule has 0 aromatic heterocycles. The monoisotopic (exact) mass is 248 g/mol. The lowest BCUT2D eigenvalue weighted by Gasteiger charge is -2.34. The van der Waals surface area contributed by atoms with Crippen molar-refractivity contribution >= 4 is 18.3 Å². The first-order valence-electron chi connectivity index (χ1n) is 5.85. The molecule has 5 heteroatoms. The second-order valence-corrected chi connectivity index (χ2v) is 4.53. The van der Waals surface area contributed by atoms with Gasteiger partial charge < -0.3 is 15.4 Å². The molecule has 0 radical (unpaired) electrons. The average molecular weight is 249 g/mol. The summed E-state index contributed by atoms with van der Waals surface area (Å²) in [5.41, 5.74) is 0. The molecule has 2 fully saturated rings. The van der Waals surface area contributed by atoms with Crippen LogP contribution in [-0.4, -0.2) is 38.3 Å². The summed E-state index contributed by atoms with van der Waals surface area (Å²) in [5.74, 6) is 0.382. The molecule has 2 rings (SSSR count). The Balaban J connectivity index is 0.00000128. The van der Waals surface area contributed by atoms with E-state index in [2.05, 4.69) is 10.6 Å². The van der Waals surface area contributed by atoms with Gasteiger partial charge in [-0.25, -0.2) is 0 Å². The zero-order valence-corrected chi connectivity index (χ0v) is 10.5. The minimum Gasteiger partial charge on any atom is -0.379 e. The smallest absolute Gasteiger partial charge is 0.225 e. The standard InChI is InChI=1S/C11H20N2O2.ClH/c1-15-10-5-3-2-4-9(10)13-11(14)8-6-12-7-8;/h8-10,12H,2-7H2,1H3,(H,13,14);1H. The Kier molecular flexibility index (Phi) is 5.52. The SMILES string of the molecule is COC1CCCCC1NC(=O)C1CNC1.Cl. The predicted octanol–water partition coefficient (Wildman–Crippen LogP) is 0.701. The molecule has 1 heterocycles. The van der Waals surface area contributed by atoms with Crippen molar-refractivity contribution in [3.8, 4) is 0 Å². The highest BCUT2D eigenvalue weighted by molar-refractivity contribution is 5.85. The van der Waals surface area contributed by atoms with E-state index < -0.39 is 0 Å². The molecule has 0 aromatic rings. The summed E-state index contributed by atoms with van der Waals surface area (Å²) >= 11 is 0. The van der Waals surface area contributed by atoms with E-state index in [0.717, 1.165) is 25.9 Å². The molecule has 0 spiro atoms. The van der Waals surface area contributed by atoms with Crippen LogP contribution in [0.4, 0.5) is 0 Å². The normalized spacial score (nSPS) is 30.1. The first kappa shape index (κ1) is 13.7. The van der Waals surface area contributed by atoms with Crippen LogP contribution in [0.2, 0.25) is 0 Å². The lowest BCUT2D eigenvalue weighted by atomic mass is 9.91. The van der Waals surface area contributed by atoms with E-state index in [1.54, 1.807) is 7.11 Å². The van der Waals surface area contributed by atoms with Crippen molar-refractivity contribution in [2.24, 2.45) is 5.92 Å². The Morgan fingerprint density at radius 1 is 1.31 bits per heavy atom. The molecule has 4 nitrogen and oxygen atoms in total. The number of nitrogens with one attached hydrogen (secondary N) is 2. The van der Waals surface area contributed by atoms with Crippen molar-refractivity contribution in [3.05, 3.63) is 0 Å². The number of amides is 1. The number of hydrogen-bond donors (Lipinski definition) is 2. The van der Waals surface area contributed by atoms with Crippen LogP contribution in [0.1, 0.15) is 25.7 Å². The maximum absolute atomic E-state index is 11.7. The molecule has 1 aliphatic heterocycles. The van der Waals surface area contributed by atoms with Crippen molar-refractivity contribution in [3.63, 3.8) is 0 Å². The van der Waals surface area contributed by atoms with Crippen LogP contribution < -0.4 is 10.6 Å². The first-order valence-corrected chi connectivity index (χ1v) is 5.85. The highest BCUT2D eigenvalue weighted by Gasteiger charge is 2.30. The molecule has 1 saturated heterocycles. The van der Waals surface area contributed by atoms with Crippen LogP contribution in [-0.2, 0) is 9.53 Å². The number of rotatable bonds is 3. The molecular formula is C11H21ClN2O2. The highest BCUT2D eigenvalue weighted by Crippen LogP contribution is 2.21. The Morgan fingerprint density at radius 3 is 2.56 bits per heavy atom. The molecule has 1 amide bonds. The topological polar surface area (TPSA) is 50.4 Å². The number of halogens is 1. The molecule has 0 aromatic carbocycles. The van der Waals surface area contributed by atoms with E-state index in [1.165, 1.54) is 12.8 Å². The van der Waals surface area contributed by atoms with Crippen molar-refractivity contribution in [2.45, 2.75) is 37.8 Å². The number of hydrogen-bond acceptors (Lipinski definition) is 3. The summed E-state index contributed by atoms with van der Waals surface area (Å²) in [7, 11) is 1.74. The Labute approximate surface area is 103 Å². The van der Waals surface area contributed by atoms with Crippen LogP contribution in [0, 0.1) is 5.92 Å². The lowest BCUT2D eigenvalue weighted by molar-refractivity contribution is -0.128. The fraction of sp³-hybridized carbons (Fsp3) is 0.909. The van der Waals surface area contributed by atoms with E-state index in [1.807, 2.05) is 0 Å². The van der Waals surface area contributed by atoms with Gasteiger partial charge in [-0.1, -0.05) is 12.8 Å². The molecule has 94 valence electrons. The molecular weight excluding hydrogens is 228 g/mol. The molecule has 2 aliphatic rings. The molecule has 2 N–H and O–H groups in total. The predicted molar refractivity (Wildman–Crippen MR) is 64.8 cm³/mol. The third-order valence-corrected chi connectivity index (χ3v) is 3.49. The summed E-state index contributed by atoms with van der Waals surface area (Å²) < 4.78 is 5.41. The van der Waals surface area contributed by atoms with Gasteiger partial charge in [-0.15, -0.1) is 12.4 Å². The zero-order chi connectivity index (χ0) is 10.7. The van der Waals surface area contributed by atoms with Gasteiger partial charge in [0.25, 0.3) is 0 Å². The fourth-order valence-corrected chi connectivity index (χ4v) is 2.32. The zero-order valence-electron chi connectivity index (χ0n) is 9.70. The Bertz CT molecular complexity index is 234. The van der Waals surface area contributed by atoms with E-state index in [-0.39, 0.29) is 36.4 Å². The van der Waals surface area contributed by atoms with Gasteiger partial charge in [-0.3, -0.25) is 4.79 Å². The van der Waals surface area contributed by atoms with Crippen LogP contribution in [0.15, 0.2) is 0 Å². The minimum atomic E-state index is 0. The molecule has 1 saturated carbocycles. The van der Waals surface area contributed by atoms with Crippen molar-refractivity contribution < 1.29 is 9.53 Å². The largest absolute Gasteiger partial charge is 0.379 e. The van der Waals surface area contributed by atoms with Gasteiger partial charge in [0.15, 0.2) is 0 Å². The second kappa shape index (κ2) is 6.42. The summed E-state index contributed by atoms with van der Waals surface area (Å²) in [6, 6.07) is 0.233. The molecule has 2 unspecified atom stereocenters. The number of carbonyl (C=O) groups is 1. The average Bonchev–Trinajstić information content (AvgIpc) is 2.15. The molecule has 2 atom stereocenters. The van der Waals surface area contributed by atoms with E-state index >= 15 is 0 Å². The fourth-order valence-electron chi connectivity index (χ4n) is 2.32. The van der Waals surface area contributed by atoms with Crippen LogP contribution >= 0.6 is 12.4 Å². The first-order chi connectivity index (χ1) is 7.31. The summed E-state index contributed by atoms with van der Waals surface area (Å²) in [5, 5.41) is 6.23. The quantitative estimate of drug-likeness (QED) is 0.773. The van der Waals surface area contributed by atoms with Crippen molar-refractivity contribution in [1.29, 1.82) is 0 Å². The van der Waals surface area contributed by atoms with Gasteiger partial charge >= 0.3 is 0 Å². The van der Waals surface area contributed by atoms with Crippen molar-refractivity contribution in [2.75, 3.05) is 20.2 Å². The van der Waals surface area contributed by atoms with Crippen molar-refractivity contribution in [1.82, 2.24) is 10.6 Å². The van der Waals surface area contributed by atoms with Gasteiger partial charge in [0.1, 0.15) is 0 Å². The summed E-state index contributed by atoms with van der Waals surface area (Å²) in [6.45, 7) is 1.66. The summed E-state index contributed by atoms with van der Waals surface area (Å²) in [6.07, 6.45) is 4.77. The highest BCUT2D eigenvalue weighted by atomic mass is 35.5. The van der Waals surface area contributed by atoms with E-state index in [4.69, 9.17) is 4.74 Å². The number of carbonyl (C=O) groups excluding carboxylic acids is 1. The van der Waals surface area contributed by atoms with E-state index in [9.17, 15) is 4.79 Å². The van der Waals surface area contributed by atoms with Crippen LogP contribution in [0.25, 0.3) is 0 Å². The summed E-state index contributed by atoms with van der Waals surface area (Å²) in [4.78, 5) is 11.7. The van der Waals surface area contributed by atoms with Gasteiger partial charge in [0, 0.05) is 20.2 Å². The Morgan fingerprint density at radius 2 is 2.00 bits per heavy atom.